The van der Waals surface area contributed by atoms with Gasteiger partial charge in [0.05, 0.1) is 6.04 Å². The SMILES string of the molecule is O=C([C@@H]1CCCCN1)N1CCN(C2CCC2)CC1. The predicted molar refractivity (Wildman–Crippen MR) is 71.4 cm³/mol. The van der Waals surface area contributed by atoms with Gasteiger partial charge in [-0.15, -0.1) is 0 Å². The van der Waals surface area contributed by atoms with Gasteiger partial charge in [-0.25, -0.2) is 0 Å². The molecule has 3 fully saturated rings. The van der Waals surface area contributed by atoms with Gasteiger partial charge in [-0.1, -0.05) is 12.8 Å². The number of amides is 1. The number of piperidine rings is 1. The molecule has 4 heteroatoms. The van der Waals surface area contributed by atoms with E-state index < -0.39 is 0 Å². The maximum Gasteiger partial charge on any atom is 0.239 e. The van der Waals surface area contributed by atoms with Gasteiger partial charge in [-0.2, -0.15) is 0 Å². The summed E-state index contributed by atoms with van der Waals surface area (Å²) in [5.41, 5.74) is 0. The van der Waals surface area contributed by atoms with Crippen molar-refractivity contribution in [2.75, 3.05) is 32.7 Å². The molecule has 0 bridgehead atoms. The summed E-state index contributed by atoms with van der Waals surface area (Å²) >= 11 is 0. The minimum atomic E-state index is 0.106. The second kappa shape index (κ2) is 5.57. The van der Waals surface area contributed by atoms with Gasteiger partial charge in [-0.05, 0) is 32.2 Å². The van der Waals surface area contributed by atoms with Crippen LogP contribution in [-0.4, -0.2) is 60.5 Å². The van der Waals surface area contributed by atoms with Crippen LogP contribution in [0.3, 0.4) is 0 Å². The molecule has 0 unspecified atom stereocenters. The zero-order valence-electron chi connectivity index (χ0n) is 11.2. The van der Waals surface area contributed by atoms with Crippen molar-refractivity contribution in [1.82, 2.24) is 15.1 Å². The summed E-state index contributed by atoms with van der Waals surface area (Å²) in [5.74, 6) is 0.350. The summed E-state index contributed by atoms with van der Waals surface area (Å²) in [7, 11) is 0. The van der Waals surface area contributed by atoms with Crippen molar-refractivity contribution in [3.63, 3.8) is 0 Å². The van der Waals surface area contributed by atoms with Crippen LogP contribution < -0.4 is 5.32 Å². The van der Waals surface area contributed by atoms with Gasteiger partial charge in [0.2, 0.25) is 5.91 Å². The number of nitrogens with one attached hydrogen (secondary N) is 1. The zero-order valence-corrected chi connectivity index (χ0v) is 11.2. The molecule has 0 aromatic carbocycles. The third-order valence-corrected chi connectivity index (χ3v) is 4.83. The van der Waals surface area contributed by atoms with Crippen LogP contribution in [0, 0.1) is 0 Å². The lowest BCUT2D eigenvalue weighted by Gasteiger charge is -2.43. The average Bonchev–Trinajstić information content (AvgIpc) is 2.38. The molecular formula is C14H25N3O. The van der Waals surface area contributed by atoms with Gasteiger partial charge < -0.3 is 10.2 Å². The lowest BCUT2D eigenvalue weighted by molar-refractivity contribution is -0.136. The number of hydrogen-bond acceptors (Lipinski definition) is 3. The third kappa shape index (κ3) is 2.54. The first-order valence-corrected chi connectivity index (χ1v) is 7.61. The molecule has 3 aliphatic rings. The Kier molecular flexibility index (Phi) is 3.85. The van der Waals surface area contributed by atoms with E-state index in [9.17, 15) is 4.79 Å². The summed E-state index contributed by atoms with van der Waals surface area (Å²) in [6.07, 6.45) is 7.60. The fourth-order valence-corrected chi connectivity index (χ4v) is 3.34. The van der Waals surface area contributed by atoms with Gasteiger partial charge in [0.1, 0.15) is 0 Å². The monoisotopic (exact) mass is 251 g/mol. The van der Waals surface area contributed by atoms with Crippen LogP contribution in [0.15, 0.2) is 0 Å². The van der Waals surface area contributed by atoms with Crippen molar-refractivity contribution in [2.45, 2.75) is 50.6 Å². The molecular weight excluding hydrogens is 226 g/mol. The Morgan fingerprint density at radius 1 is 0.944 bits per heavy atom. The van der Waals surface area contributed by atoms with Crippen LogP contribution in [0.4, 0.5) is 0 Å². The quantitative estimate of drug-likeness (QED) is 0.789. The van der Waals surface area contributed by atoms with E-state index in [2.05, 4.69) is 15.1 Å². The Labute approximate surface area is 110 Å². The first-order chi connectivity index (χ1) is 8.84. The van der Waals surface area contributed by atoms with E-state index in [1.165, 1.54) is 32.1 Å². The largest absolute Gasteiger partial charge is 0.339 e. The number of rotatable bonds is 2. The van der Waals surface area contributed by atoms with Crippen LogP contribution in [0.2, 0.25) is 0 Å². The molecule has 0 spiro atoms. The van der Waals surface area contributed by atoms with Crippen LogP contribution in [-0.2, 0) is 4.79 Å². The Morgan fingerprint density at radius 3 is 2.28 bits per heavy atom. The van der Waals surface area contributed by atoms with E-state index >= 15 is 0 Å². The first-order valence-electron chi connectivity index (χ1n) is 7.61. The second-order valence-electron chi connectivity index (χ2n) is 5.95. The van der Waals surface area contributed by atoms with Gasteiger partial charge in [0.15, 0.2) is 0 Å². The maximum absolute atomic E-state index is 12.4. The van der Waals surface area contributed by atoms with Crippen LogP contribution in [0.25, 0.3) is 0 Å². The fraction of sp³-hybridized carbons (Fsp3) is 0.929. The molecule has 2 heterocycles. The van der Waals surface area contributed by atoms with Crippen molar-refractivity contribution < 1.29 is 4.79 Å². The molecule has 1 N–H and O–H groups in total. The predicted octanol–water partition coefficient (Wildman–Crippen LogP) is 0.825. The molecule has 18 heavy (non-hydrogen) atoms. The summed E-state index contributed by atoms with van der Waals surface area (Å²) in [6, 6.07) is 0.934. The summed E-state index contributed by atoms with van der Waals surface area (Å²) in [4.78, 5) is 17.0. The smallest absolute Gasteiger partial charge is 0.239 e. The first kappa shape index (κ1) is 12.4. The van der Waals surface area contributed by atoms with Crippen LogP contribution >= 0.6 is 0 Å². The van der Waals surface area contributed by atoms with Crippen molar-refractivity contribution in [3.05, 3.63) is 0 Å². The fourth-order valence-electron chi connectivity index (χ4n) is 3.34. The Bertz CT molecular complexity index is 289. The van der Waals surface area contributed by atoms with Gasteiger partial charge in [0.25, 0.3) is 0 Å². The van der Waals surface area contributed by atoms with Crippen LogP contribution in [0.1, 0.15) is 38.5 Å². The molecule has 102 valence electrons. The third-order valence-electron chi connectivity index (χ3n) is 4.83. The van der Waals surface area contributed by atoms with E-state index in [1.54, 1.807) is 0 Å². The molecule has 3 rings (SSSR count). The highest BCUT2D eigenvalue weighted by Gasteiger charge is 2.31. The van der Waals surface area contributed by atoms with E-state index in [-0.39, 0.29) is 6.04 Å². The summed E-state index contributed by atoms with van der Waals surface area (Å²) < 4.78 is 0. The molecule has 2 saturated heterocycles. The molecule has 0 aromatic heterocycles. The molecule has 1 atom stereocenters. The second-order valence-corrected chi connectivity index (χ2v) is 5.95. The lowest BCUT2D eigenvalue weighted by atomic mass is 9.91. The Morgan fingerprint density at radius 2 is 1.72 bits per heavy atom. The van der Waals surface area contributed by atoms with E-state index in [1.807, 2.05) is 0 Å². The highest BCUT2D eigenvalue weighted by Crippen LogP contribution is 2.25. The molecule has 0 radical (unpaired) electrons. The van der Waals surface area contributed by atoms with Crippen molar-refractivity contribution in [1.29, 1.82) is 0 Å². The van der Waals surface area contributed by atoms with Crippen LogP contribution in [0.5, 0.6) is 0 Å². The van der Waals surface area contributed by atoms with E-state index in [0.717, 1.165) is 45.2 Å². The van der Waals surface area contributed by atoms with E-state index in [4.69, 9.17) is 0 Å². The standard InChI is InChI=1S/C14H25N3O/c18-14(13-6-1-2-7-15-13)17-10-8-16(9-11-17)12-4-3-5-12/h12-13,15H,1-11H2/t13-/m0/s1. The minimum absolute atomic E-state index is 0.106. The minimum Gasteiger partial charge on any atom is -0.339 e. The van der Waals surface area contributed by atoms with Gasteiger partial charge in [0, 0.05) is 32.2 Å². The highest BCUT2D eigenvalue weighted by atomic mass is 16.2. The number of carbonyl (C=O) groups excluding carboxylic acids is 1. The Balaban J connectivity index is 1.47. The average molecular weight is 251 g/mol. The van der Waals surface area contributed by atoms with Crippen molar-refractivity contribution in [2.24, 2.45) is 0 Å². The highest BCUT2D eigenvalue weighted by molar-refractivity contribution is 5.82. The summed E-state index contributed by atoms with van der Waals surface area (Å²) in [5, 5.41) is 3.37. The topological polar surface area (TPSA) is 35.6 Å². The molecule has 1 saturated carbocycles. The summed E-state index contributed by atoms with van der Waals surface area (Å²) in [6.45, 7) is 5.06. The van der Waals surface area contributed by atoms with Crippen molar-refractivity contribution in [3.8, 4) is 0 Å². The molecule has 4 nitrogen and oxygen atoms in total. The lowest BCUT2D eigenvalue weighted by Crippen LogP contribution is -2.57. The Hall–Kier alpha value is -0.610. The number of nitrogens with zero attached hydrogens (tertiary/aromatic N) is 2. The molecule has 1 aliphatic carbocycles. The maximum atomic E-state index is 12.4. The van der Waals surface area contributed by atoms with Gasteiger partial charge in [-0.3, -0.25) is 9.69 Å². The number of hydrogen-bond donors (Lipinski definition) is 1. The molecule has 1 amide bonds. The van der Waals surface area contributed by atoms with Gasteiger partial charge >= 0.3 is 0 Å². The molecule has 2 aliphatic heterocycles. The van der Waals surface area contributed by atoms with E-state index in [0.29, 0.717) is 5.91 Å². The number of piperazine rings is 1. The normalized spacial score (nSPS) is 31.1. The zero-order chi connectivity index (χ0) is 12.4. The van der Waals surface area contributed by atoms with Crippen molar-refractivity contribution >= 4 is 5.91 Å². The number of carbonyl (C=O) groups is 1. The molecule has 0 aromatic rings.